The highest BCUT2D eigenvalue weighted by atomic mass is 32.1. The van der Waals surface area contributed by atoms with Gasteiger partial charge in [-0.15, -0.1) is 11.3 Å². The van der Waals surface area contributed by atoms with E-state index in [9.17, 15) is 0 Å². The van der Waals surface area contributed by atoms with Crippen LogP contribution >= 0.6 is 11.3 Å². The third-order valence-electron chi connectivity index (χ3n) is 3.62. The lowest BCUT2D eigenvalue weighted by atomic mass is 10.1. The number of hydrogen-bond donors (Lipinski definition) is 1. The maximum absolute atomic E-state index is 3.76. The molecule has 3 rings (SSSR count). The monoisotopic (exact) mass is 236 g/mol. The zero-order valence-corrected chi connectivity index (χ0v) is 10.5. The molecule has 1 unspecified atom stereocenters. The Hall–Kier alpha value is -0.380. The molecule has 1 aromatic heterocycles. The topological polar surface area (TPSA) is 15.3 Å². The van der Waals surface area contributed by atoms with Crippen molar-refractivity contribution in [3.63, 3.8) is 0 Å². The Bertz CT molecular complexity index is 313. The molecule has 0 aromatic carbocycles. The van der Waals surface area contributed by atoms with Crippen molar-refractivity contribution in [1.82, 2.24) is 10.4 Å². The Balaban J connectivity index is 1.64. The van der Waals surface area contributed by atoms with E-state index in [2.05, 4.69) is 27.9 Å². The first-order valence-corrected chi connectivity index (χ1v) is 7.36. The zero-order valence-electron chi connectivity index (χ0n) is 9.69. The van der Waals surface area contributed by atoms with E-state index in [4.69, 9.17) is 0 Å². The summed E-state index contributed by atoms with van der Waals surface area (Å²) in [5.41, 5.74) is 3.76. The summed E-state index contributed by atoms with van der Waals surface area (Å²) in [5, 5.41) is 4.65. The summed E-state index contributed by atoms with van der Waals surface area (Å²) >= 11 is 1.90. The molecule has 1 aromatic rings. The summed E-state index contributed by atoms with van der Waals surface area (Å²) in [5.74, 6) is 0.889. The van der Waals surface area contributed by atoms with Crippen molar-refractivity contribution in [3.05, 3.63) is 22.4 Å². The molecule has 1 saturated carbocycles. The zero-order chi connectivity index (χ0) is 10.8. The van der Waals surface area contributed by atoms with Crippen LogP contribution in [0.4, 0.5) is 0 Å². The van der Waals surface area contributed by atoms with Crippen molar-refractivity contribution < 1.29 is 0 Å². The molecule has 2 nitrogen and oxygen atoms in total. The van der Waals surface area contributed by atoms with Crippen molar-refractivity contribution in [3.8, 4) is 0 Å². The van der Waals surface area contributed by atoms with Crippen molar-refractivity contribution >= 4 is 11.3 Å². The second kappa shape index (κ2) is 4.86. The fourth-order valence-corrected chi connectivity index (χ4v) is 3.38. The molecule has 88 valence electrons. The molecule has 1 saturated heterocycles. The van der Waals surface area contributed by atoms with Gasteiger partial charge in [-0.2, -0.15) is 0 Å². The average Bonchev–Trinajstić information content (AvgIpc) is 3.02. The molecule has 0 amide bonds. The van der Waals surface area contributed by atoms with E-state index in [0.717, 1.165) is 5.92 Å². The lowest BCUT2D eigenvalue weighted by molar-refractivity contribution is 0.122. The number of piperidine rings is 1. The van der Waals surface area contributed by atoms with Gasteiger partial charge in [0.15, 0.2) is 0 Å². The predicted molar refractivity (Wildman–Crippen MR) is 68.3 cm³/mol. The van der Waals surface area contributed by atoms with E-state index < -0.39 is 0 Å². The Morgan fingerprint density at radius 2 is 2.06 bits per heavy atom. The molecule has 0 spiro atoms. The predicted octanol–water partition coefficient (Wildman–Crippen LogP) is 3.19. The summed E-state index contributed by atoms with van der Waals surface area (Å²) in [6, 6.07) is 5.05. The number of hydrazine groups is 1. The number of rotatable bonds is 4. The molecule has 1 aliphatic carbocycles. The van der Waals surface area contributed by atoms with Crippen molar-refractivity contribution in [2.75, 3.05) is 13.1 Å². The van der Waals surface area contributed by atoms with Gasteiger partial charge >= 0.3 is 0 Å². The fourth-order valence-electron chi connectivity index (χ4n) is 2.52. The number of nitrogens with one attached hydrogen (secondary N) is 1. The molecule has 0 bridgehead atoms. The quantitative estimate of drug-likeness (QED) is 0.863. The number of nitrogens with zero attached hydrogens (tertiary/aromatic N) is 1. The standard InChI is InChI=1S/C13H20N2S/c1-2-8-15(9-3-1)14-13(11-6-7-11)12-5-4-10-16-12/h4-5,10-11,13-14H,1-3,6-9H2. The van der Waals surface area contributed by atoms with Gasteiger partial charge in [-0.1, -0.05) is 12.5 Å². The first kappa shape index (κ1) is 10.8. The Kier molecular flexibility index (Phi) is 3.27. The van der Waals surface area contributed by atoms with Crippen LogP contribution in [0.2, 0.25) is 0 Å². The van der Waals surface area contributed by atoms with Crippen molar-refractivity contribution in [2.45, 2.75) is 38.1 Å². The molecular weight excluding hydrogens is 216 g/mol. The summed E-state index contributed by atoms with van der Waals surface area (Å²) in [4.78, 5) is 1.52. The van der Waals surface area contributed by atoms with Gasteiger partial charge in [0.25, 0.3) is 0 Å². The average molecular weight is 236 g/mol. The molecular formula is C13H20N2S. The highest BCUT2D eigenvalue weighted by molar-refractivity contribution is 7.10. The molecule has 2 fully saturated rings. The van der Waals surface area contributed by atoms with Crippen LogP contribution in [0.1, 0.15) is 43.0 Å². The van der Waals surface area contributed by atoms with Crippen molar-refractivity contribution in [2.24, 2.45) is 5.92 Å². The maximum Gasteiger partial charge on any atom is 0.0586 e. The SMILES string of the molecule is c1csc(C(NN2CCCCC2)C2CC2)c1. The Morgan fingerprint density at radius 3 is 2.69 bits per heavy atom. The van der Waals surface area contributed by atoms with Gasteiger partial charge in [0.2, 0.25) is 0 Å². The highest BCUT2D eigenvalue weighted by Crippen LogP contribution is 2.42. The van der Waals surface area contributed by atoms with Crippen LogP contribution in [-0.4, -0.2) is 18.1 Å². The number of thiophene rings is 1. The highest BCUT2D eigenvalue weighted by Gasteiger charge is 2.34. The third kappa shape index (κ3) is 2.47. The van der Waals surface area contributed by atoms with Gasteiger partial charge in [-0.05, 0) is 43.0 Å². The van der Waals surface area contributed by atoms with Crippen LogP contribution in [0.25, 0.3) is 0 Å². The first-order valence-electron chi connectivity index (χ1n) is 6.48. The summed E-state index contributed by atoms with van der Waals surface area (Å²) in [6.07, 6.45) is 6.93. The van der Waals surface area contributed by atoms with Crippen LogP contribution in [0.15, 0.2) is 17.5 Å². The van der Waals surface area contributed by atoms with Crippen LogP contribution in [-0.2, 0) is 0 Å². The molecule has 1 N–H and O–H groups in total. The lowest BCUT2D eigenvalue weighted by Crippen LogP contribution is -2.44. The van der Waals surface area contributed by atoms with Crippen molar-refractivity contribution in [1.29, 1.82) is 0 Å². The van der Waals surface area contributed by atoms with E-state index in [1.165, 1.54) is 50.1 Å². The number of hydrogen-bond acceptors (Lipinski definition) is 3. The van der Waals surface area contributed by atoms with Gasteiger partial charge in [0.05, 0.1) is 6.04 Å². The second-order valence-electron chi connectivity index (χ2n) is 5.01. The third-order valence-corrected chi connectivity index (χ3v) is 4.58. The molecule has 2 heterocycles. The van der Waals surface area contributed by atoms with Gasteiger partial charge in [0, 0.05) is 18.0 Å². The van der Waals surface area contributed by atoms with E-state index in [-0.39, 0.29) is 0 Å². The van der Waals surface area contributed by atoms with Gasteiger partial charge in [0.1, 0.15) is 0 Å². The second-order valence-corrected chi connectivity index (χ2v) is 5.99. The van der Waals surface area contributed by atoms with Crippen LogP contribution < -0.4 is 5.43 Å². The maximum atomic E-state index is 3.76. The van der Waals surface area contributed by atoms with Gasteiger partial charge in [-0.3, -0.25) is 0 Å². The molecule has 1 atom stereocenters. The Labute approximate surface area is 102 Å². The first-order chi connectivity index (χ1) is 7.93. The fraction of sp³-hybridized carbons (Fsp3) is 0.692. The van der Waals surface area contributed by atoms with E-state index in [0.29, 0.717) is 6.04 Å². The molecule has 2 aliphatic rings. The minimum absolute atomic E-state index is 0.595. The van der Waals surface area contributed by atoms with Gasteiger partial charge in [-0.25, -0.2) is 10.4 Å². The molecule has 16 heavy (non-hydrogen) atoms. The minimum Gasteiger partial charge on any atom is -0.247 e. The normalized spacial score (nSPS) is 24.5. The molecule has 0 radical (unpaired) electrons. The molecule has 3 heteroatoms. The van der Waals surface area contributed by atoms with Crippen LogP contribution in [0.5, 0.6) is 0 Å². The lowest BCUT2D eigenvalue weighted by Gasteiger charge is -2.31. The van der Waals surface area contributed by atoms with Crippen LogP contribution in [0, 0.1) is 5.92 Å². The minimum atomic E-state index is 0.595. The summed E-state index contributed by atoms with van der Waals surface area (Å²) in [7, 11) is 0. The van der Waals surface area contributed by atoms with E-state index in [1.807, 2.05) is 11.3 Å². The largest absolute Gasteiger partial charge is 0.247 e. The van der Waals surface area contributed by atoms with Crippen LogP contribution in [0.3, 0.4) is 0 Å². The van der Waals surface area contributed by atoms with E-state index in [1.54, 1.807) is 0 Å². The Morgan fingerprint density at radius 1 is 1.25 bits per heavy atom. The molecule has 1 aliphatic heterocycles. The summed E-state index contributed by atoms with van der Waals surface area (Å²) < 4.78 is 0. The van der Waals surface area contributed by atoms with E-state index >= 15 is 0 Å². The smallest absolute Gasteiger partial charge is 0.0586 e. The summed E-state index contributed by atoms with van der Waals surface area (Å²) in [6.45, 7) is 2.46. The van der Waals surface area contributed by atoms with Gasteiger partial charge < -0.3 is 0 Å².